The molecule has 0 radical (unpaired) electrons. The van der Waals surface area contributed by atoms with Gasteiger partial charge in [0.15, 0.2) is 0 Å². The van der Waals surface area contributed by atoms with Crippen LogP contribution in [0.4, 0.5) is 0 Å². The Labute approximate surface area is 106 Å². The van der Waals surface area contributed by atoms with Crippen molar-refractivity contribution >= 4 is 10.0 Å². The first-order chi connectivity index (χ1) is 7.91. The van der Waals surface area contributed by atoms with Gasteiger partial charge in [-0.05, 0) is 39.7 Å². The zero-order valence-electron chi connectivity index (χ0n) is 11.3. The number of hydrogen-bond acceptors (Lipinski definition) is 3. The van der Waals surface area contributed by atoms with Gasteiger partial charge in [0.05, 0.1) is 6.26 Å². The fraction of sp³-hybridized carbons (Fsp3) is 1.00. The van der Waals surface area contributed by atoms with E-state index in [0.29, 0.717) is 12.6 Å². The molecule has 0 spiro atoms. The largest absolute Gasteiger partial charge is 0.314 e. The van der Waals surface area contributed by atoms with Crippen molar-refractivity contribution in [2.75, 3.05) is 19.3 Å². The molecule has 1 rings (SSSR count). The Morgan fingerprint density at radius 3 is 2.35 bits per heavy atom. The van der Waals surface area contributed by atoms with Crippen LogP contribution in [0.5, 0.6) is 0 Å². The molecule has 1 saturated carbocycles. The highest BCUT2D eigenvalue weighted by Crippen LogP contribution is 2.17. The molecule has 5 heteroatoms. The maximum atomic E-state index is 11.5. The van der Waals surface area contributed by atoms with Gasteiger partial charge in [-0.15, -0.1) is 0 Å². The summed E-state index contributed by atoms with van der Waals surface area (Å²) in [4.78, 5) is 0. The van der Waals surface area contributed by atoms with E-state index in [9.17, 15) is 8.42 Å². The second-order valence-corrected chi connectivity index (χ2v) is 7.19. The van der Waals surface area contributed by atoms with E-state index >= 15 is 0 Å². The maximum Gasteiger partial charge on any atom is 0.211 e. The molecule has 0 heterocycles. The molecule has 0 aromatic heterocycles. The van der Waals surface area contributed by atoms with Gasteiger partial charge in [-0.3, -0.25) is 0 Å². The van der Waals surface area contributed by atoms with Crippen LogP contribution < -0.4 is 5.32 Å². The van der Waals surface area contributed by atoms with Gasteiger partial charge < -0.3 is 5.32 Å². The standard InChI is InChI=1S/C12H26N2O2S/c1-11(2)14(17(3,15)16)10-6-9-13-12-7-4-5-8-12/h11-13H,4-10H2,1-3H3. The molecule has 1 fully saturated rings. The zero-order valence-corrected chi connectivity index (χ0v) is 12.1. The van der Waals surface area contributed by atoms with Crippen LogP contribution in [-0.4, -0.2) is 44.2 Å². The smallest absolute Gasteiger partial charge is 0.211 e. The van der Waals surface area contributed by atoms with Gasteiger partial charge in [0.1, 0.15) is 0 Å². The van der Waals surface area contributed by atoms with Gasteiger partial charge in [0.2, 0.25) is 10.0 Å². The van der Waals surface area contributed by atoms with Gasteiger partial charge in [-0.2, -0.15) is 4.31 Å². The minimum absolute atomic E-state index is 0.0523. The fourth-order valence-corrected chi connectivity index (χ4v) is 3.70. The summed E-state index contributed by atoms with van der Waals surface area (Å²) < 4.78 is 24.6. The van der Waals surface area contributed by atoms with E-state index in [-0.39, 0.29) is 6.04 Å². The quantitative estimate of drug-likeness (QED) is 0.709. The Hall–Kier alpha value is -0.130. The van der Waals surface area contributed by atoms with Crippen LogP contribution in [0.1, 0.15) is 46.0 Å². The molecular weight excluding hydrogens is 236 g/mol. The van der Waals surface area contributed by atoms with Crippen molar-refractivity contribution in [2.45, 2.75) is 58.0 Å². The predicted molar refractivity (Wildman–Crippen MR) is 71.6 cm³/mol. The summed E-state index contributed by atoms with van der Waals surface area (Å²) in [5.74, 6) is 0. The van der Waals surface area contributed by atoms with E-state index in [1.807, 2.05) is 13.8 Å². The fourth-order valence-electron chi connectivity index (χ4n) is 2.48. The van der Waals surface area contributed by atoms with Gasteiger partial charge in [-0.25, -0.2) is 8.42 Å². The van der Waals surface area contributed by atoms with Gasteiger partial charge >= 0.3 is 0 Å². The van der Waals surface area contributed by atoms with E-state index < -0.39 is 10.0 Å². The minimum atomic E-state index is -3.06. The van der Waals surface area contributed by atoms with Crippen LogP contribution in [0, 0.1) is 0 Å². The van der Waals surface area contributed by atoms with Crippen molar-refractivity contribution in [1.82, 2.24) is 9.62 Å². The van der Waals surface area contributed by atoms with Crippen molar-refractivity contribution < 1.29 is 8.42 Å². The summed E-state index contributed by atoms with van der Waals surface area (Å²) in [6.45, 7) is 5.39. The molecule has 1 aliphatic carbocycles. The Kier molecular flexibility index (Phi) is 5.89. The van der Waals surface area contributed by atoms with Gasteiger partial charge in [0.25, 0.3) is 0 Å². The van der Waals surface area contributed by atoms with E-state index in [4.69, 9.17) is 0 Å². The SMILES string of the molecule is CC(C)N(CCCNC1CCCC1)S(C)(=O)=O. The topological polar surface area (TPSA) is 49.4 Å². The number of hydrogen-bond donors (Lipinski definition) is 1. The number of sulfonamides is 1. The third-order valence-corrected chi connectivity index (χ3v) is 4.80. The summed E-state index contributed by atoms with van der Waals surface area (Å²) >= 11 is 0. The van der Waals surface area contributed by atoms with E-state index in [0.717, 1.165) is 13.0 Å². The Morgan fingerprint density at radius 1 is 1.29 bits per heavy atom. The predicted octanol–water partition coefficient (Wildman–Crippen LogP) is 1.58. The summed E-state index contributed by atoms with van der Waals surface area (Å²) in [5.41, 5.74) is 0. The first-order valence-electron chi connectivity index (χ1n) is 6.61. The number of nitrogens with zero attached hydrogens (tertiary/aromatic N) is 1. The Bertz CT molecular complexity index is 308. The Morgan fingerprint density at radius 2 is 1.88 bits per heavy atom. The van der Waals surface area contributed by atoms with Crippen molar-refractivity contribution in [3.63, 3.8) is 0 Å². The van der Waals surface area contributed by atoms with Crippen molar-refractivity contribution in [1.29, 1.82) is 0 Å². The molecule has 0 aromatic rings. The van der Waals surface area contributed by atoms with Gasteiger partial charge in [0, 0.05) is 18.6 Å². The highest BCUT2D eigenvalue weighted by atomic mass is 32.2. The first kappa shape index (κ1) is 14.9. The highest BCUT2D eigenvalue weighted by Gasteiger charge is 2.19. The van der Waals surface area contributed by atoms with E-state index in [1.54, 1.807) is 4.31 Å². The molecule has 0 bridgehead atoms. The molecule has 17 heavy (non-hydrogen) atoms. The van der Waals surface area contributed by atoms with Crippen LogP contribution in [0.25, 0.3) is 0 Å². The first-order valence-corrected chi connectivity index (χ1v) is 8.46. The van der Waals surface area contributed by atoms with E-state index in [2.05, 4.69) is 5.32 Å². The lowest BCUT2D eigenvalue weighted by Crippen LogP contribution is -2.38. The molecular formula is C12H26N2O2S. The van der Waals surface area contributed by atoms with E-state index in [1.165, 1.54) is 31.9 Å². The van der Waals surface area contributed by atoms with Crippen LogP contribution >= 0.6 is 0 Å². The lowest BCUT2D eigenvalue weighted by atomic mass is 10.2. The molecule has 102 valence electrons. The molecule has 0 atom stereocenters. The minimum Gasteiger partial charge on any atom is -0.314 e. The van der Waals surface area contributed by atoms with Gasteiger partial charge in [-0.1, -0.05) is 12.8 Å². The third-order valence-electron chi connectivity index (χ3n) is 3.35. The van der Waals surface area contributed by atoms with Crippen molar-refractivity contribution in [3.8, 4) is 0 Å². The molecule has 0 saturated heterocycles. The molecule has 1 aliphatic rings. The molecule has 0 aliphatic heterocycles. The monoisotopic (exact) mass is 262 g/mol. The summed E-state index contributed by atoms with van der Waals surface area (Å²) in [6.07, 6.45) is 7.40. The molecule has 1 N–H and O–H groups in total. The molecule has 4 nitrogen and oxygen atoms in total. The molecule has 0 unspecified atom stereocenters. The molecule has 0 amide bonds. The maximum absolute atomic E-state index is 11.5. The van der Waals surface area contributed by atoms with Crippen LogP contribution in [-0.2, 0) is 10.0 Å². The third kappa shape index (κ3) is 5.36. The lowest BCUT2D eigenvalue weighted by Gasteiger charge is -2.24. The number of nitrogens with one attached hydrogen (secondary N) is 1. The summed E-state index contributed by atoms with van der Waals surface area (Å²) in [7, 11) is -3.06. The average molecular weight is 262 g/mol. The summed E-state index contributed by atoms with van der Waals surface area (Å²) in [6, 6.07) is 0.720. The summed E-state index contributed by atoms with van der Waals surface area (Å²) in [5, 5.41) is 3.51. The van der Waals surface area contributed by atoms with Crippen LogP contribution in [0.3, 0.4) is 0 Å². The second kappa shape index (κ2) is 6.71. The molecule has 0 aromatic carbocycles. The zero-order chi connectivity index (χ0) is 12.9. The Balaban J connectivity index is 2.23. The lowest BCUT2D eigenvalue weighted by molar-refractivity contribution is 0.346. The van der Waals surface area contributed by atoms with Crippen LogP contribution in [0.2, 0.25) is 0 Å². The van der Waals surface area contributed by atoms with Crippen molar-refractivity contribution in [2.24, 2.45) is 0 Å². The van der Waals surface area contributed by atoms with Crippen molar-refractivity contribution in [3.05, 3.63) is 0 Å². The second-order valence-electron chi connectivity index (χ2n) is 5.26. The van der Waals surface area contributed by atoms with Crippen LogP contribution in [0.15, 0.2) is 0 Å². The normalized spacial score (nSPS) is 18.4. The average Bonchev–Trinajstić information content (AvgIpc) is 2.67. The highest BCUT2D eigenvalue weighted by molar-refractivity contribution is 7.88. The number of rotatable bonds is 7.